The Balaban J connectivity index is 1.53. The van der Waals surface area contributed by atoms with E-state index < -0.39 is 11.1 Å². The van der Waals surface area contributed by atoms with E-state index in [0.717, 1.165) is 41.7 Å². The second-order valence-electron chi connectivity index (χ2n) is 8.95. The van der Waals surface area contributed by atoms with Crippen molar-refractivity contribution in [2.75, 3.05) is 7.05 Å². The van der Waals surface area contributed by atoms with Crippen LogP contribution in [0.3, 0.4) is 0 Å². The first kappa shape index (κ1) is 17.1. The number of likely N-dealkylation sites (N-methyl/N-ethyl adjacent to an activating group) is 1. The molecule has 0 saturated heterocycles. The molecule has 2 aromatic carbocycles. The van der Waals surface area contributed by atoms with Crippen molar-refractivity contribution in [3.8, 4) is 16.9 Å². The highest BCUT2D eigenvalue weighted by Gasteiger charge is 2.70. The number of benzene rings is 2. The number of rotatable bonds is 1. The Hall–Kier alpha value is -3.60. The van der Waals surface area contributed by atoms with Crippen LogP contribution < -0.4 is 10.5 Å². The molecule has 152 valence electrons. The second kappa shape index (κ2) is 5.55. The van der Waals surface area contributed by atoms with Gasteiger partial charge < -0.3 is 15.4 Å². The van der Waals surface area contributed by atoms with Crippen molar-refractivity contribution in [1.29, 1.82) is 0 Å². The van der Waals surface area contributed by atoms with Crippen LogP contribution in [0.4, 0.5) is 0 Å². The third-order valence-corrected chi connectivity index (χ3v) is 7.52. The fraction of sp³-hybridized carbons (Fsp3) is 0.231. The molecule has 7 rings (SSSR count). The van der Waals surface area contributed by atoms with Crippen molar-refractivity contribution in [3.05, 3.63) is 89.4 Å². The lowest BCUT2D eigenvalue weighted by molar-refractivity contribution is 0.0420. The maximum atomic E-state index is 6.85. The average molecular weight is 406 g/mol. The van der Waals surface area contributed by atoms with Crippen molar-refractivity contribution >= 4 is 11.5 Å². The van der Waals surface area contributed by atoms with Crippen LogP contribution in [0.1, 0.15) is 29.5 Å². The van der Waals surface area contributed by atoms with Gasteiger partial charge >= 0.3 is 0 Å². The summed E-state index contributed by atoms with van der Waals surface area (Å²) < 4.78 is 6.85. The third-order valence-electron chi connectivity index (χ3n) is 7.52. The molecule has 3 heterocycles. The molecule has 4 aliphatic rings. The van der Waals surface area contributed by atoms with E-state index in [1.807, 2.05) is 19.3 Å². The number of hydrogen-bond donors (Lipinski definition) is 1. The molecule has 2 aliphatic heterocycles. The standard InChI is InChI=1S/C26H22N4O/c1-30-23-20-14-25(11-10-16-5-2-3-7-19(16)20)26(23,29-24(30)27)21-13-17(8-9-22(21)31-25)18-6-4-12-28-15-18/h2-9,12-13,15H,10-11,14H2,1H3,(H2,27,29). The predicted octanol–water partition coefficient (Wildman–Crippen LogP) is 4.10. The maximum absolute atomic E-state index is 6.85. The van der Waals surface area contributed by atoms with Crippen LogP contribution in [0, 0.1) is 0 Å². The second-order valence-corrected chi connectivity index (χ2v) is 8.95. The summed E-state index contributed by atoms with van der Waals surface area (Å²) in [5.41, 5.74) is 13.9. The zero-order valence-electron chi connectivity index (χ0n) is 17.3. The lowest BCUT2D eigenvalue weighted by Gasteiger charge is -2.36. The SMILES string of the molecule is CN1C(N)=NC23C1=C1CC2(CCc2ccccc21)Oc1ccc(-c2cccnc2)cc13. The minimum atomic E-state index is -0.595. The molecule has 3 aromatic rings. The molecule has 1 aromatic heterocycles. The van der Waals surface area contributed by atoms with Gasteiger partial charge in [-0.2, -0.15) is 0 Å². The monoisotopic (exact) mass is 406 g/mol. The van der Waals surface area contributed by atoms with Crippen molar-refractivity contribution in [2.24, 2.45) is 10.7 Å². The zero-order chi connectivity index (χ0) is 20.8. The summed E-state index contributed by atoms with van der Waals surface area (Å²) in [5.74, 6) is 1.47. The lowest BCUT2D eigenvalue weighted by atomic mass is 9.74. The number of nitrogens with zero attached hydrogens (tertiary/aromatic N) is 3. The van der Waals surface area contributed by atoms with Gasteiger partial charge in [-0.15, -0.1) is 0 Å². The maximum Gasteiger partial charge on any atom is 0.196 e. The Labute approximate surface area is 180 Å². The molecule has 2 aliphatic carbocycles. The molecule has 0 saturated carbocycles. The van der Waals surface area contributed by atoms with Gasteiger partial charge in [-0.3, -0.25) is 4.98 Å². The first-order valence-corrected chi connectivity index (χ1v) is 10.8. The third kappa shape index (κ3) is 1.92. The summed E-state index contributed by atoms with van der Waals surface area (Å²) in [7, 11) is 2.03. The van der Waals surface area contributed by atoms with Crippen molar-refractivity contribution in [1.82, 2.24) is 9.88 Å². The van der Waals surface area contributed by atoms with Crippen LogP contribution in [0.15, 0.2) is 77.7 Å². The van der Waals surface area contributed by atoms with Crippen LogP contribution in [0.25, 0.3) is 16.7 Å². The fourth-order valence-corrected chi connectivity index (χ4v) is 6.17. The van der Waals surface area contributed by atoms with E-state index >= 15 is 0 Å². The summed E-state index contributed by atoms with van der Waals surface area (Å²) >= 11 is 0. The first-order valence-electron chi connectivity index (χ1n) is 10.8. The number of guanidine groups is 1. The molecule has 2 bridgehead atoms. The van der Waals surface area contributed by atoms with E-state index in [9.17, 15) is 0 Å². The number of fused-ring (bicyclic) bond motifs is 4. The Morgan fingerprint density at radius 2 is 1.97 bits per heavy atom. The quantitative estimate of drug-likeness (QED) is 0.661. The van der Waals surface area contributed by atoms with Crippen LogP contribution in [-0.4, -0.2) is 28.5 Å². The molecule has 0 amide bonds. The number of pyridine rings is 1. The number of ether oxygens (including phenoxy) is 1. The summed E-state index contributed by atoms with van der Waals surface area (Å²) in [4.78, 5) is 11.6. The van der Waals surface area contributed by atoms with Crippen LogP contribution in [0.2, 0.25) is 0 Å². The van der Waals surface area contributed by atoms with Gasteiger partial charge in [0.2, 0.25) is 0 Å². The molecule has 5 heteroatoms. The van der Waals surface area contributed by atoms with Crippen LogP contribution in [0.5, 0.6) is 5.75 Å². The Bertz CT molecular complexity index is 1330. The number of nitrogens with two attached hydrogens (primary N) is 1. The highest BCUT2D eigenvalue weighted by molar-refractivity contribution is 5.93. The smallest absolute Gasteiger partial charge is 0.196 e. The molecule has 0 fully saturated rings. The van der Waals surface area contributed by atoms with Gasteiger partial charge in [0, 0.05) is 37.0 Å². The van der Waals surface area contributed by atoms with Gasteiger partial charge in [-0.1, -0.05) is 36.4 Å². The van der Waals surface area contributed by atoms with Crippen molar-refractivity contribution < 1.29 is 4.74 Å². The summed E-state index contributed by atoms with van der Waals surface area (Å²) in [6.07, 6.45) is 6.42. The Morgan fingerprint density at radius 3 is 2.84 bits per heavy atom. The number of aliphatic imine (C=N–C) groups is 1. The largest absolute Gasteiger partial charge is 0.483 e. The molecule has 2 atom stereocenters. The molecular formula is C26H22N4O. The Kier molecular flexibility index (Phi) is 3.06. The van der Waals surface area contributed by atoms with E-state index in [1.54, 1.807) is 6.20 Å². The topological polar surface area (TPSA) is 63.7 Å². The minimum absolute atomic E-state index is 0.442. The van der Waals surface area contributed by atoms with Gasteiger partial charge in [-0.05, 0) is 53.3 Å². The van der Waals surface area contributed by atoms with Gasteiger partial charge in [0.05, 0.1) is 5.70 Å². The van der Waals surface area contributed by atoms with Crippen LogP contribution in [-0.2, 0) is 12.0 Å². The summed E-state index contributed by atoms with van der Waals surface area (Å²) in [6.45, 7) is 0. The number of aryl methyl sites for hydroxylation is 1. The zero-order valence-corrected chi connectivity index (χ0v) is 17.3. The molecule has 2 N–H and O–H groups in total. The summed E-state index contributed by atoms with van der Waals surface area (Å²) in [5, 5.41) is 0. The first-order chi connectivity index (χ1) is 15.1. The molecule has 2 spiro atoms. The molecule has 31 heavy (non-hydrogen) atoms. The predicted molar refractivity (Wildman–Crippen MR) is 120 cm³/mol. The van der Waals surface area contributed by atoms with E-state index in [1.165, 1.54) is 22.4 Å². The minimum Gasteiger partial charge on any atom is -0.483 e. The molecule has 2 unspecified atom stereocenters. The van der Waals surface area contributed by atoms with Gasteiger partial charge in [-0.25, -0.2) is 4.99 Å². The van der Waals surface area contributed by atoms with Crippen molar-refractivity contribution in [2.45, 2.75) is 30.4 Å². The van der Waals surface area contributed by atoms with Crippen molar-refractivity contribution in [3.63, 3.8) is 0 Å². The van der Waals surface area contributed by atoms with E-state index in [4.69, 9.17) is 15.5 Å². The highest BCUT2D eigenvalue weighted by atomic mass is 16.5. The van der Waals surface area contributed by atoms with Crippen LogP contribution >= 0.6 is 0 Å². The van der Waals surface area contributed by atoms with E-state index in [2.05, 4.69) is 58.4 Å². The lowest BCUT2D eigenvalue weighted by Crippen LogP contribution is -2.48. The average Bonchev–Trinajstić information content (AvgIpc) is 3.27. The highest BCUT2D eigenvalue weighted by Crippen LogP contribution is 2.67. The van der Waals surface area contributed by atoms with Gasteiger partial charge in [0.1, 0.15) is 11.4 Å². The van der Waals surface area contributed by atoms with Gasteiger partial charge in [0.25, 0.3) is 0 Å². The molecule has 0 radical (unpaired) electrons. The Morgan fingerprint density at radius 1 is 1.06 bits per heavy atom. The summed E-state index contributed by atoms with van der Waals surface area (Å²) in [6, 6.07) is 19.2. The van der Waals surface area contributed by atoms with E-state index in [0.29, 0.717) is 5.96 Å². The normalized spacial score (nSPS) is 27.1. The van der Waals surface area contributed by atoms with E-state index in [-0.39, 0.29) is 0 Å². The number of hydrogen-bond acceptors (Lipinski definition) is 5. The number of aromatic nitrogens is 1. The molecule has 5 nitrogen and oxygen atoms in total. The fourth-order valence-electron chi connectivity index (χ4n) is 6.17. The molecular weight excluding hydrogens is 384 g/mol. The van der Waals surface area contributed by atoms with Gasteiger partial charge in [0.15, 0.2) is 11.5 Å².